The number of aliphatic imine (C=N–C) groups is 1. The molecule has 1 unspecified atom stereocenters. The van der Waals surface area contributed by atoms with Crippen LogP contribution in [0.4, 0.5) is 0 Å². The Kier molecular flexibility index (Phi) is 6.13. The molecule has 4 nitrogen and oxygen atoms in total. The van der Waals surface area contributed by atoms with Gasteiger partial charge in [-0.1, -0.05) is 34.6 Å². The van der Waals surface area contributed by atoms with Crippen LogP contribution in [-0.4, -0.2) is 50.4 Å². The van der Waals surface area contributed by atoms with Gasteiger partial charge in [0.2, 0.25) is 0 Å². The lowest BCUT2D eigenvalue weighted by atomic mass is 9.86. The molecule has 0 aromatic rings. The largest absolute Gasteiger partial charge is 0.468 e. The predicted octanol–water partition coefficient (Wildman–Crippen LogP) is 3.95. The second-order valence-electron chi connectivity index (χ2n) is 8.31. The zero-order chi connectivity index (χ0) is 17.2. The summed E-state index contributed by atoms with van der Waals surface area (Å²) in [5.41, 5.74) is 1.17. The molecule has 0 N–H and O–H groups in total. The summed E-state index contributed by atoms with van der Waals surface area (Å²) in [6.07, 6.45) is 8.64. The smallest absolute Gasteiger partial charge is 0.327 e. The van der Waals surface area contributed by atoms with E-state index in [1.54, 1.807) is 0 Å². The van der Waals surface area contributed by atoms with E-state index in [-0.39, 0.29) is 17.9 Å². The number of esters is 1. The van der Waals surface area contributed by atoms with Crippen molar-refractivity contribution in [1.29, 1.82) is 0 Å². The molecule has 0 spiro atoms. The molecule has 1 fully saturated rings. The number of carbonyl (C=O) groups is 1. The zero-order valence-corrected chi connectivity index (χ0v) is 16.4. The maximum Gasteiger partial charge on any atom is 0.327 e. The van der Waals surface area contributed by atoms with Crippen LogP contribution in [0.3, 0.4) is 0 Å². The lowest BCUT2D eigenvalue weighted by molar-refractivity contribution is -0.138. The summed E-state index contributed by atoms with van der Waals surface area (Å²) >= 11 is 0. The van der Waals surface area contributed by atoms with Crippen molar-refractivity contribution in [3.8, 4) is 0 Å². The first kappa shape index (κ1) is 19.5. The SMILES string of the molecule is COC(=O)CN=CCC(C)(C)CC[O+]1C(C(C)(C)C)S1(C)C. The molecule has 0 bridgehead atoms. The first-order valence-electron chi connectivity index (χ1n) is 7.89. The molecule has 0 aromatic carbocycles. The van der Waals surface area contributed by atoms with E-state index >= 15 is 0 Å². The van der Waals surface area contributed by atoms with Gasteiger partial charge in [0.05, 0.1) is 12.5 Å². The minimum Gasteiger partial charge on any atom is -0.468 e. The van der Waals surface area contributed by atoms with Gasteiger partial charge >= 0.3 is 5.97 Å². The average Bonchev–Trinajstić information content (AvgIpc) is 2.94. The van der Waals surface area contributed by atoms with Crippen LogP contribution in [-0.2, 0) is 13.3 Å². The van der Waals surface area contributed by atoms with E-state index < -0.39 is 10.3 Å². The predicted molar refractivity (Wildman–Crippen MR) is 97.0 cm³/mol. The van der Waals surface area contributed by atoms with Crippen molar-refractivity contribution in [2.24, 2.45) is 15.8 Å². The molecule has 0 radical (unpaired) electrons. The molecule has 0 aromatic heterocycles. The van der Waals surface area contributed by atoms with Gasteiger partial charge in [-0.3, -0.25) is 9.79 Å². The molecular formula is C17H34NO3S+. The molecule has 1 aliphatic rings. The number of hydrogen-bond donors (Lipinski definition) is 0. The highest BCUT2D eigenvalue weighted by Crippen LogP contribution is 2.77. The Morgan fingerprint density at radius 1 is 1.27 bits per heavy atom. The lowest BCUT2D eigenvalue weighted by Gasteiger charge is -2.21. The highest BCUT2D eigenvalue weighted by Gasteiger charge is 2.67. The first-order valence-corrected chi connectivity index (χ1v) is 10.3. The summed E-state index contributed by atoms with van der Waals surface area (Å²) in [4.78, 5) is 15.2. The molecule has 0 amide bonds. The maximum atomic E-state index is 11.0. The molecule has 0 aliphatic carbocycles. The number of ether oxygens (including phenoxy) is 1. The van der Waals surface area contributed by atoms with E-state index in [0.29, 0.717) is 10.9 Å². The van der Waals surface area contributed by atoms with Gasteiger partial charge in [0.25, 0.3) is 5.44 Å². The Labute approximate surface area is 137 Å². The normalized spacial score (nSPS) is 23.5. The summed E-state index contributed by atoms with van der Waals surface area (Å²) in [5.74, 6) is -0.285. The number of nitrogens with zero attached hydrogens (tertiary/aromatic N) is 1. The fourth-order valence-electron chi connectivity index (χ4n) is 2.96. The van der Waals surface area contributed by atoms with Gasteiger partial charge in [0.1, 0.15) is 6.54 Å². The third-order valence-corrected chi connectivity index (χ3v) is 7.42. The van der Waals surface area contributed by atoms with E-state index in [1.807, 2.05) is 6.21 Å². The Morgan fingerprint density at radius 2 is 1.86 bits per heavy atom. The number of rotatable bonds is 7. The Morgan fingerprint density at radius 3 is 2.32 bits per heavy atom. The average molecular weight is 333 g/mol. The van der Waals surface area contributed by atoms with Crippen LogP contribution in [0.2, 0.25) is 0 Å². The van der Waals surface area contributed by atoms with E-state index in [9.17, 15) is 4.79 Å². The second kappa shape index (κ2) is 6.91. The molecule has 1 rings (SSSR count). The number of carbonyl (C=O) groups excluding carboxylic acids is 1. The molecule has 0 saturated carbocycles. The molecule has 1 heterocycles. The quantitative estimate of drug-likeness (QED) is 0.306. The minimum absolute atomic E-state index is 0.122. The van der Waals surface area contributed by atoms with Crippen LogP contribution in [0.1, 0.15) is 47.5 Å². The van der Waals surface area contributed by atoms with Gasteiger partial charge in [-0.2, -0.15) is 0 Å². The first-order chi connectivity index (χ1) is 9.92. The Balaban J connectivity index is 2.42. The summed E-state index contributed by atoms with van der Waals surface area (Å²) in [6.45, 7) is 12.7. The summed E-state index contributed by atoms with van der Waals surface area (Å²) < 4.78 is 8.16. The standard InChI is InChI=1S/C17H34NO3S/c1-16(2,3)15-21(22(15,7)8)12-10-17(4,5)9-11-18-13-14(19)20-6/h11,15H,9-10,12-13H2,1-8H3/q+1. The molecule has 1 saturated heterocycles. The number of methoxy groups -OCH3 is 1. The highest BCUT2D eigenvalue weighted by molar-refractivity contribution is 8.34. The van der Waals surface area contributed by atoms with Crippen LogP contribution in [0.25, 0.3) is 0 Å². The van der Waals surface area contributed by atoms with E-state index in [1.165, 1.54) is 7.11 Å². The van der Waals surface area contributed by atoms with Gasteiger partial charge in [-0.05, 0) is 18.1 Å². The number of hydrogen-bond acceptors (Lipinski definition) is 3. The highest BCUT2D eigenvalue weighted by atomic mass is 32.3. The van der Waals surface area contributed by atoms with Crippen LogP contribution in [0.15, 0.2) is 4.99 Å². The van der Waals surface area contributed by atoms with Crippen molar-refractivity contribution in [3.05, 3.63) is 0 Å². The molecule has 1 aliphatic heterocycles. The Hall–Kier alpha value is -0.550. The zero-order valence-electron chi connectivity index (χ0n) is 15.6. The van der Waals surface area contributed by atoms with E-state index in [2.05, 4.69) is 60.7 Å². The third kappa shape index (κ3) is 5.27. The van der Waals surface area contributed by atoms with Crippen molar-refractivity contribution in [2.75, 3.05) is 32.8 Å². The van der Waals surface area contributed by atoms with Crippen molar-refractivity contribution < 1.29 is 13.3 Å². The van der Waals surface area contributed by atoms with Gasteiger partial charge in [0.15, 0.2) is 6.61 Å². The third-order valence-electron chi connectivity index (χ3n) is 4.18. The molecule has 22 heavy (non-hydrogen) atoms. The second-order valence-corrected chi connectivity index (χ2v) is 11.8. The Bertz CT molecular complexity index is 424. The van der Waals surface area contributed by atoms with Crippen LogP contribution >= 0.6 is 10.3 Å². The summed E-state index contributed by atoms with van der Waals surface area (Å²) in [6, 6.07) is 0. The van der Waals surface area contributed by atoms with Gasteiger partial charge < -0.3 is 8.55 Å². The molecular weight excluding hydrogens is 298 g/mol. The summed E-state index contributed by atoms with van der Waals surface area (Å²) in [5, 5.41) is 0. The van der Waals surface area contributed by atoms with E-state index in [4.69, 9.17) is 0 Å². The van der Waals surface area contributed by atoms with Crippen LogP contribution < -0.4 is 0 Å². The van der Waals surface area contributed by atoms with Crippen molar-refractivity contribution in [2.45, 2.75) is 52.9 Å². The van der Waals surface area contributed by atoms with Crippen LogP contribution in [0.5, 0.6) is 0 Å². The lowest BCUT2D eigenvalue weighted by Crippen LogP contribution is -2.19. The van der Waals surface area contributed by atoms with E-state index in [0.717, 1.165) is 19.4 Å². The van der Waals surface area contributed by atoms with Crippen molar-refractivity contribution in [1.82, 2.24) is 0 Å². The van der Waals surface area contributed by atoms with Crippen molar-refractivity contribution >= 4 is 22.5 Å². The summed E-state index contributed by atoms with van der Waals surface area (Å²) in [7, 11) is 0.725. The molecule has 1 atom stereocenters. The maximum absolute atomic E-state index is 11.0. The van der Waals surface area contributed by atoms with Crippen LogP contribution in [0, 0.1) is 10.8 Å². The fraction of sp³-hybridized carbons (Fsp3) is 0.882. The minimum atomic E-state index is -0.663. The van der Waals surface area contributed by atoms with Gasteiger partial charge in [-0.15, -0.1) is 0 Å². The monoisotopic (exact) mass is 332 g/mol. The van der Waals surface area contributed by atoms with Crippen molar-refractivity contribution in [3.63, 3.8) is 0 Å². The molecule has 5 heteroatoms. The molecule has 130 valence electrons. The fourth-order valence-corrected chi connectivity index (χ4v) is 6.84. The van der Waals surface area contributed by atoms with Gasteiger partial charge in [-0.25, -0.2) is 0 Å². The topological polar surface area (TPSA) is 41.4 Å². The van der Waals surface area contributed by atoms with Gasteiger partial charge in [0, 0.05) is 29.2 Å².